The number of nitrogens with zero attached hydrogens (tertiary/aromatic N) is 1. The number of hydrogen-bond donors (Lipinski definition) is 2. The Morgan fingerprint density at radius 2 is 2.08 bits per heavy atom. The lowest BCUT2D eigenvalue weighted by Crippen LogP contribution is -2.45. The first-order chi connectivity index (χ1) is 12.2. The number of aryl methyl sites for hydroxylation is 1. The molecule has 0 radical (unpaired) electrons. The van der Waals surface area contributed by atoms with E-state index in [1.807, 2.05) is 24.3 Å². The molecule has 2 heterocycles. The highest BCUT2D eigenvalue weighted by Gasteiger charge is 2.21. The molecule has 1 unspecified atom stereocenters. The summed E-state index contributed by atoms with van der Waals surface area (Å²) >= 11 is 1.68. The van der Waals surface area contributed by atoms with Gasteiger partial charge in [0.25, 0.3) is 5.91 Å². The molecule has 1 aliphatic heterocycles. The molecule has 4 rings (SSSR count). The number of fused-ring (bicyclic) bond motifs is 1. The number of benzene rings is 2. The van der Waals surface area contributed by atoms with Crippen LogP contribution in [-0.4, -0.2) is 36.7 Å². The SMILES string of the molecule is Cc1ccc2nc(-c3ccc(NC(=O)C4CNCCO4)cc3)sc2c1.Cl. The summed E-state index contributed by atoms with van der Waals surface area (Å²) in [6, 6.07) is 14.1. The average molecular weight is 390 g/mol. The molecule has 0 bridgehead atoms. The van der Waals surface area contributed by atoms with Crippen molar-refractivity contribution in [2.45, 2.75) is 13.0 Å². The first kappa shape index (κ1) is 18.8. The number of morpholine rings is 1. The van der Waals surface area contributed by atoms with E-state index in [2.05, 4.69) is 35.8 Å². The molecule has 0 spiro atoms. The minimum Gasteiger partial charge on any atom is -0.366 e. The van der Waals surface area contributed by atoms with Crippen molar-refractivity contribution < 1.29 is 9.53 Å². The smallest absolute Gasteiger partial charge is 0.254 e. The van der Waals surface area contributed by atoms with Crippen LogP contribution in [0.5, 0.6) is 0 Å². The maximum absolute atomic E-state index is 12.2. The molecule has 26 heavy (non-hydrogen) atoms. The molecule has 2 N–H and O–H groups in total. The van der Waals surface area contributed by atoms with E-state index in [1.165, 1.54) is 10.3 Å². The summed E-state index contributed by atoms with van der Waals surface area (Å²) in [4.78, 5) is 16.9. The van der Waals surface area contributed by atoms with E-state index in [0.29, 0.717) is 13.2 Å². The third-order valence-electron chi connectivity index (χ3n) is 4.16. The average Bonchev–Trinajstić information content (AvgIpc) is 3.06. The summed E-state index contributed by atoms with van der Waals surface area (Å²) in [6.07, 6.45) is -0.430. The summed E-state index contributed by atoms with van der Waals surface area (Å²) in [7, 11) is 0. The van der Waals surface area contributed by atoms with Gasteiger partial charge < -0.3 is 15.4 Å². The fraction of sp³-hybridized carbons (Fsp3) is 0.263. The van der Waals surface area contributed by atoms with Crippen molar-refractivity contribution in [3.63, 3.8) is 0 Å². The number of nitrogens with one attached hydrogen (secondary N) is 2. The monoisotopic (exact) mass is 389 g/mol. The molecule has 1 aliphatic rings. The van der Waals surface area contributed by atoms with Crippen molar-refractivity contribution in [2.75, 3.05) is 25.0 Å². The number of aromatic nitrogens is 1. The molecule has 7 heteroatoms. The van der Waals surface area contributed by atoms with Crippen LogP contribution in [0.25, 0.3) is 20.8 Å². The fourth-order valence-corrected chi connectivity index (χ4v) is 3.88. The van der Waals surface area contributed by atoms with Crippen LogP contribution in [0.15, 0.2) is 42.5 Å². The van der Waals surface area contributed by atoms with Gasteiger partial charge in [0, 0.05) is 24.3 Å². The Morgan fingerprint density at radius 3 is 2.81 bits per heavy atom. The highest BCUT2D eigenvalue weighted by molar-refractivity contribution is 7.21. The standard InChI is InChI=1S/C19H19N3O2S.ClH/c1-12-2-7-15-17(10-12)25-19(22-15)13-3-5-14(6-4-13)21-18(23)16-11-20-8-9-24-16;/h2-7,10,16,20H,8-9,11H2,1H3,(H,21,23);1H. The molecule has 136 valence electrons. The number of carbonyl (C=O) groups is 1. The zero-order chi connectivity index (χ0) is 17.2. The van der Waals surface area contributed by atoms with Gasteiger partial charge in [-0.15, -0.1) is 23.7 Å². The highest BCUT2D eigenvalue weighted by Crippen LogP contribution is 2.31. The Balaban J connectivity index is 0.00000196. The summed E-state index contributed by atoms with van der Waals surface area (Å²) in [5, 5.41) is 7.04. The largest absolute Gasteiger partial charge is 0.366 e. The van der Waals surface area contributed by atoms with Gasteiger partial charge in [0.15, 0.2) is 0 Å². The molecule has 1 aromatic heterocycles. The van der Waals surface area contributed by atoms with E-state index in [9.17, 15) is 4.79 Å². The first-order valence-electron chi connectivity index (χ1n) is 8.30. The van der Waals surface area contributed by atoms with E-state index in [-0.39, 0.29) is 18.3 Å². The highest BCUT2D eigenvalue weighted by atomic mass is 35.5. The third-order valence-corrected chi connectivity index (χ3v) is 5.23. The van der Waals surface area contributed by atoms with Crippen molar-refractivity contribution in [1.82, 2.24) is 10.3 Å². The lowest BCUT2D eigenvalue weighted by Gasteiger charge is -2.22. The molecule has 1 fully saturated rings. The first-order valence-corrected chi connectivity index (χ1v) is 9.11. The number of ether oxygens (including phenoxy) is 1. The Bertz CT molecular complexity index is 905. The van der Waals surface area contributed by atoms with Gasteiger partial charge in [-0.05, 0) is 48.9 Å². The second-order valence-corrected chi connectivity index (χ2v) is 7.15. The van der Waals surface area contributed by atoms with Gasteiger partial charge in [-0.2, -0.15) is 0 Å². The maximum Gasteiger partial charge on any atom is 0.254 e. The minimum atomic E-state index is -0.430. The molecular formula is C19H20ClN3O2S. The minimum absolute atomic E-state index is 0. The van der Waals surface area contributed by atoms with E-state index < -0.39 is 6.10 Å². The summed E-state index contributed by atoms with van der Waals surface area (Å²) in [5.41, 5.74) is 4.07. The van der Waals surface area contributed by atoms with Crippen molar-refractivity contribution in [3.05, 3.63) is 48.0 Å². The normalized spacial score (nSPS) is 16.9. The molecule has 1 atom stereocenters. The lowest BCUT2D eigenvalue weighted by molar-refractivity contribution is -0.128. The molecular weight excluding hydrogens is 370 g/mol. The van der Waals surface area contributed by atoms with Gasteiger partial charge in [0.2, 0.25) is 0 Å². The molecule has 1 saturated heterocycles. The number of anilines is 1. The fourth-order valence-electron chi connectivity index (χ4n) is 2.81. The van der Waals surface area contributed by atoms with Crippen LogP contribution in [0.3, 0.4) is 0 Å². The second kappa shape index (κ2) is 8.14. The Hall–Kier alpha value is -1.99. The Kier molecular flexibility index (Phi) is 5.88. The number of hydrogen-bond acceptors (Lipinski definition) is 5. The molecule has 2 aromatic carbocycles. The van der Waals surface area contributed by atoms with Crippen LogP contribution in [0, 0.1) is 6.92 Å². The topological polar surface area (TPSA) is 63.2 Å². The second-order valence-electron chi connectivity index (χ2n) is 6.12. The third kappa shape index (κ3) is 4.04. The Morgan fingerprint density at radius 1 is 1.27 bits per heavy atom. The Labute approximate surface area is 162 Å². The van der Waals surface area contributed by atoms with Gasteiger partial charge in [-0.25, -0.2) is 4.98 Å². The molecule has 0 aliphatic carbocycles. The number of thiazole rings is 1. The van der Waals surface area contributed by atoms with Gasteiger partial charge in [-0.1, -0.05) is 6.07 Å². The quantitative estimate of drug-likeness (QED) is 0.718. The zero-order valence-electron chi connectivity index (χ0n) is 14.3. The maximum atomic E-state index is 12.2. The van der Waals surface area contributed by atoms with Crippen LogP contribution in [-0.2, 0) is 9.53 Å². The van der Waals surface area contributed by atoms with Gasteiger partial charge in [0.1, 0.15) is 11.1 Å². The van der Waals surface area contributed by atoms with E-state index in [0.717, 1.165) is 28.3 Å². The van der Waals surface area contributed by atoms with E-state index in [1.54, 1.807) is 11.3 Å². The van der Waals surface area contributed by atoms with Crippen LogP contribution in [0.1, 0.15) is 5.56 Å². The molecule has 1 amide bonds. The molecule has 0 saturated carbocycles. The zero-order valence-corrected chi connectivity index (χ0v) is 16.0. The lowest BCUT2D eigenvalue weighted by atomic mass is 10.2. The van der Waals surface area contributed by atoms with Gasteiger partial charge in [-0.3, -0.25) is 4.79 Å². The summed E-state index contributed by atoms with van der Waals surface area (Å²) in [6.45, 7) is 3.99. The number of rotatable bonds is 3. The van der Waals surface area contributed by atoms with Crippen LogP contribution in [0.4, 0.5) is 5.69 Å². The summed E-state index contributed by atoms with van der Waals surface area (Å²) < 4.78 is 6.65. The van der Waals surface area contributed by atoms with Gasteiger partial charge >= 0.3 is 0 Å². The van der Waals surface area contributed by atoms with Crippen LogP contribution >= 0.6 is 23.7 Å². The van der Waals surface area contributed by atoms with Crippen molar-refractivity contribution in [3.8, 4) is 10.6 Å². The molecule has 3 aromatic rings. The van der Waals surface area contributed by atoms with E-state index in [4.69, 9.17) is 9.72 Å². The van der Waals surface area contributed by atoms with Gasteiger partial charge in [0.05, 0.1) is 16.8 Å². The van der Waals surface area contributed by atoms with Crippen molar-refractivity contribution >= 4 is 45.6 Å². The van der Waals surface area contributed by atoms with Crippen LogP contribution < -0.4 is 10.6 Å². The molecule has 5 nitrogen and oxygen atoms in total. The predicted octanol–water partition coefficient (Wildman–Crippen LogP) is 3.62. The summed E-state index contributed by atoms with van der Waals surface area (Å²) in [5.74, 6) is -0.115. The van der Waals surface area contributed by atoms with Crippen molar-refractivity contribution in [2.24, 2.45) is 0 Å². The predicted molar refractivity (Wildman–Crippen MR) is 108 cm³/mol. The number of halogens is 1. The van der Waals surface area contributed by atoms with E-state index >= 15 is 0 Å². The van der Waals surface area contributed by atoms with Crippen LogP contribution in [0.2, 0.25) is 0 Å². The number of amides is 1. The van der Waals surface area contributed by atoms with Crippen molar-refractivity contribution in [1.29, 1.82) is 0 Å². The number of carbonyl (C=O) groups excluding carboxylic acids is 1.